The molecule has 8 heteroatoms. The molecule has 0 bridgehead atoms. The Labute approximate surface area is 158 Å². The molecule has 130 valence electrons. The van der Waals surface area contributed by atoms with E-state index in [1.165, 1.54) is 0 Å². The van der Waals surface area contributed by atoms with Crippen molar-refractivity contribution in [2.45, 2.75) is 0 Å². The number of nitrogens with one attached hydrogen (secondary N) is 3. The lowest BCUT2D eigenvalue weighted by molar-refractivity contribution is 0.398. The number of pyridine rings is 1. The van der Waals surface area contributed by atoms with Crippen LogP contribution in [0, 0.1) is 0 Å². The maximum atomic E-state index is 5.07. The van der Waals surface area contributed by atoms with Gasteiger partial charge in [0.1, 0.15) is 5.82 Å². The molecule has 4 aromatic rings. The molecule has 26 heavy (non-hydrogen) atoms. The maximum Gasteiger partial charge on any atom is 0.229 e. The Kier molecular flexibility index (Phi) is 4.40. The largest absolute Gasteiger partial charge is 0.481 e. The molecule has 0 aliphatic carbocycles. The molecule has 1 aromatic carbocycles. The molecule has 3 N–H and O–H groups in total. The number of aromatic amines is 1. The van der Waals surface area contributed by atoms with Crippen molar-refractivity contribution in [2.24, 2.45) is 0 Å². The van der Waals surface area contributed by atoms with Gasteiger partial charge in [0.05, 0.1) is 23.5 Å². The van der Waals surface area contributed by atoms with Crippen molar-refractivity contribution in [2.75, 3.05) is 17.7 Å². The van der Waals surface area contributed by atoms with Gasteiger partial charge in [-0.05, 0) is 46.3 Å². The van der Waals surface area contributed by atoms with Crippen molar-refractivity contribution in [3.63, 3.8) is 0 Å². The van der Waals surface area contributed by atoms with E-state index in [0.717, 1.165) is 26.8 Å². The number of benzene rings is 1. The van der Waals surface area contributed by atoms with Gasteiger partial charge in [-0.1, -0.05) is 0 Å². The number of anilines is 4. The van der Waals surface area contributed by atoms with E-state index in [-0.39, 0.29) is 0 Å². The van der Waals surface area contributed by atoms with E-state index < -0.39 is 0 Å². The number of fused-ring (bicyclic) bond motifs is 1. The number of hydrogen-bond donors (Lipinski definition) is 3. The highest BCUT2D eigenvalue weighted by Crippen LogP contribution is 2.26. The zero-order chi connectivity index (χ0) is 17.9. The number of aromatic nitrogens is 4. The molecule has 0 atom stereocenters. The van der Waals surface area contributed by atoms with Crippen molar-refractivity contribution in [3.8, 4) is 5.88 Å². The first-order valence-electron chi connectivity index (χ1n) is 7.85. The summed E-state index contributed by atoms with van der Waals surface area (Å²) in [5, 5.41) is 7.56. The highest BCUT2D eigenvalue weighted by atomic mass is 79.9. The Morgan fingerprint density at radius 1 is 1.00 bits per heavy atom. The van der Waals surface area contributed by atoms with Crippen LogP contribution >= 0.6 is 15.9 Å². The van der Waals surface area contributed by atoms with E-state index in [4.69, 9.17) is 4.74 Å². The van der Waals surface area contributed by atoms with Crippen LogP contribution in [0.4, 0.5) is 23.1 Å². The van der Waals surface area contributed by atoms with Crippen LogP contribution in [-0.2, 0) is 0 Å². The summed E-state index contributed by atoms with van der Waals surface area (Å²) in [4.78, 5) is 16.2. The van der Waals surface area contributed by atoms with E-state index in [2.05, 4.69) is 46.5 Å². The zero-order valence-corrected chi connectivity index (χ0v) is 15.4. The maximum absolute atomic E-state index is 5.07. The van der Waals surface area contributed by atoms with Crippen molar-refractivity contribution in [1.82, 2.24) is 19.9 Å². The third-order valence-corrected chi connectivity index (χ3v) is 4.34. The molecule has 0 amide bonds. The molecule has 0 unspecified atom stereocenters. The van der Waals surface area contributed by atoms with E-state index in [9.17, 15) is 0 Å². The van der Waals surface area contributed by atoms with E-state index in [1.54, 1.807) is 25.6 Å². The summed E-state index contributed by atoms with van der Waals surface area (Å²) in [6, 6.07) is 11.7. The van der Waals surface area contributed by atoms with Gasteiger partial charge in [-0.3, -0.25) is 0 Å². The monoisotopic (exact) mass is 410 g/mol. The van der Waals surface area contributed by atoms with Gasteiger partial charge in [0, 0.05) is 35.1 Å². The fraction of sp³-hybridized carbons (Fsp3) is 0.0556. The highest BCUT2D eigenvalue weighted by Gasteiger charge is 2.07. The predicted molar refractivity (Wildman–Crippen MR) is 105 cm³/mol. The van der Waals surface area contributed by atoms with Crippen molar-refractivity contribution < 1.29 is 4.74 Å². The van der Waals surface area contributed by atoms with Crippen LogP contribution < -0.4 is 15.4 Å². The van der Waals surface area contributed by atoms with Crippen LogP contribution in [0.5, 0.6) is 5.88 Å². The van der Waals surface area contributed by atoms with Gasteiger partial charge in [-0.15, -0.1) is 0 Å². The van der Waals surface area contributed by atoms with E-state index in [1.807, 2.05) is 36.5 Å². The molecule has 0 aliphatic rings. The van der Waals surface area contributed by atoms with Gasteiger partial charge >= 0.3 is 0 Å². The number of hydrogen-bond acceptors (Lipinski definition) is 6. The molecule has 7 nitrogen and oxygen atoms in total. The topological polar surface area (TPSA) is 87.8 Å². The first kappa shape index (κ1) is 16.3. The summed E-state index contributed by atoms with van der Waals surface area (Å²) >= 11 is 3.46. The van der Waals surface area contributed by atoms with E-state index >= 15 is 0 Å². The lowest BCUT2D eigenvalue weighted by atomic mass is 10.2. The SMILES string of the molecule is COc1ccc(Nc2nc(Nc3ccc4[nH]ccc4c3)ncc2Br)cn1. The van der Waals surface area contributed by atoms with Gasteiger partial charge in [0.25, 0.3) is 0 Å². The Hall–Kier alpha value is -3.13. The summed E-state index contributed by atoms with van der Waals surface area (Å²) in [6.07, 6.45) is 5.29. The fourth-order valence-electron chi connectivity index (χ4n) is 2.49. The summed E-state index contributed by atoms with van der Waals surface area (Å²) in [5.41, 5.74) is 2.79. The summed E-state index contributed by atoms with van der Waals surface area (Å²) in [6.45, 7) is 0. The van der Waals surface area contributed by atoms with Gasteiger partial charge < -0.3 is 20.4 Å². The predicted octanol–water partition coefficient (Wildman–Crippen LogP) is 4.61. The smallest absolute Gasteiger partial charge is 0.229 e. The van der Waals surface area contributed by atoms with Gasteiger partial charge in [-0.2, -0.15) is 4.98 Å². The Balaban J connectivity index is 1.56. The Morgan fingerprint density at radius 3 is 2.69 bits per heavy atom. The van der Waals surface area contributed by atoms with Crippen molar-refractivity contribution >= 4 is 50.0 Å². The number of H-pyrrole nitrogens is 1. The number of methoxy groups -OCH3 is 1. The second-order valence-electron chi connectivity index (χ2n) is 5.51. The quantitative estimate of drug-likeness (QED) is 0.445. The molecule has 0 radical (unpaired) electrons. The fourth-order valence-corrected chi connectivity index (χ4v) is 2.78. The van der Waals surface area contributed by atoms with Crippen LogP contribution in [0.3, 0.4) is 0 Å². The first-order chi connectivity index (χ1) is 12.7. The van der Waals surface area contributed by atoms with Crippen LogP contribution in [0.2, 0.25) is 0 Å². The van der Waals surface area contributed by atoms with Crippen LogP contribution in [-0.4, -0.2) is 27.0 Å². The number of ether oxygens (including phenoxy) is 1. The normalized spacial score (nSPS) is 10.7. The minimum absolute atomic E-state index is 0.493. The molecule has 3 aromatic heterocycles. The van der Waals surface area contributed by atoms with Crippen LogP contribution in [0.15, 0.2) is 59.5 Å². The Morgan fingerprint density at radius 2 is 1.88 bits per heavy atom. The molecule has 3 heterocycles. The third-order valence-electron chi connectivity index (χ3n) is 3.76. The molecule has 0 saturated heterocycles. The number of nitrogens with zero attached hydrogens (tertiary/aromatic N) is 3. The average molecular weight is 411 g/mol. The lowest BCUT2D eigenvalue weighted by Gasteiger charge is -2.10. The zero-order valence-electron chi connectivity index (χ0n) is 13.8. The third kappa shape index (κ3) is 3.45. The standard InChI is InChI=1S/C18H15BrN6O/c1-26-16-5-3-13(9-21-16)23-17-14(19)10-22-18(25-17)24-12-2-4-15-11(8-12)6-7-20-15/h2-10,20H,1H3,(H2,22,23,24,25). The summed E-state index contributed by atoms with van der Waals surface area (Å²) in [7, 11) is 1.58. The number of halogens is 1. The van der Waals surface area contributed by atoms with Gasteiger partial charge in [0.15, 0.2) is 0 Å². The van der Waals surface area contributed by atoms with Crippen LogP contribution in [0.1, 0.15) is 0 Å². The molecule has 0 fully saturated rings. The molecule has 0 spiro atoms. The lowest BCUT2D eigenvalue weighted by Crippen LogP contribution is -2.02. The average Bonchev–Trinajstić information content (AvgIpc) is 3.13. The molecular weight excluding hydrogens is 396 g/mol. The first-order valence-corrected chi connectivity index (χ1v) is 8.64. The Bertz CT molecular complexity index is 1050. The van der Waals surface area contributed by atoms with Gasteiger partial charge in [-0.25, -0.2) is 9.97 Å². The number of rotatable bonds is 5. The summed E-state index contributed by atoms with van der Waals surface area (Å²) < 4.78 is 5.82. The second-order valence-corrected chi connectivity index (χ2v) is 6.36. The minimum atomic E-state index is 0.493. The minimum Gasteiger partial charge on any atom is -0.481 e. The van der Waals surface area contributed by atoms with E-state index in [0.29, 0.717) is 17.6 Å². The molecule has 4 rings (SSSR count). The van der Waals surface area contributed by atoms with Crippen molar-refractivity contribution in [1.29, 1.82) is 0 Å². The molecule has 0 aliphatic heterocycles. The van der Waals surface area contributed by atoms with Crippen LogP contribution in [0.25, 0.3) is 10.9 Å². The molecule has 0 saturated carbocycles. The summed E-state index contributed by atoms with van der Waals surface area (Å²) in [5.74, 6) is 1.68. The second kappa shape index (κ2) is 7.01. The van der Waals surface area contributed by atoms with Gasteiger partial charge in [0.2, 0.25) is 11.8 Å². The highest BCUT2D eigenvalue weighted by molar-refractivity contribution is 9.10. The molecular formula is C18H15BrN6O. The van der Waals surface area contributed by atoms with Crippen molar-refractivity contribution in [3.05, 3.63) is 59.5 Å².